The standard InChI is InChI=1S/C13H26N2/c1-4-13(2,9-14-11-5-6-11)10-15(3)12-7-8-12/h11-12,14H,4-10H2,1-3H3. The van der Waals surface area contributed by atoms with E-state index in [0.29, 0.717) is 5.41 Å². The largest absolute Gasteiger partial charge is 0.313 e. The third-order valence-corrected chi connectivity index (χ3v) is 4.05. The fourth-order valence-electron chi connectivity index (χ4n) is 2.22. The average molecular weight is 210 g/mol. The Morgan fingerprint density at radius 2 is 1.93 bits per heavy atom. The normalized spacial score (nSPS) is 25.6. The van der Waals surface area contributed by atoms with Gasteiger partial charge >= 0.3 is 0 Å². The molecule has 88 valence electrons. The van der Waals surface area contributed by atoms with Crippen LogP contribution in [0.15, 0.2) is 0 Å². The molecule has 0 aromatic rings. The van der Waals surface area contributed by atoms with Crippen LogP contribution in [0, 0.1) is 5.41 Å². The van der Waals surface area contributed by atoms with Crippen molar-refractivity contribution < 1.29 is 0 Å². The molecule has 2 aliphatic carbocycles. The fourth-order valence-corrected chi connectivity index (χ4v) is 2.22. The highest BCUT2D eigenvalue weighted by molar-refractivity contribution is 4.89. The highest BCUT2D eigenvalue weighted by Gasteiger charge is 2.33. The molecule has 0 amide bonds. The zero-order valence-electron chi connectivity index (χ0n) is 10.6. The van der Waals surface area contributed by atoms with Gasteiger partial charge in [0.05, 0.1) is 0 Å². The lowest BCUT2D eigenvalue weighted by Gasteiger charge is -2.33. The van der Waals surface area contributed by atoms with Gasteiger partial charge in [-0.2, -0.15) is 0 Å². The first-order chi connectivity index (χ1) is 7.13. The summed E-state index contributed by atoms with van der Waals surface area (Å²) >= 11 is 0. The van der Waals surface area contributed by atoms with Crippen LogP contribution in [0.2, 0.25) is 0 Å². The minimum Gasteiger partial charge on any atom is -0.313 e. The molecule has 1 N–H and O–H groups in total. The summed E-state index contributed by atoms with van der Waals surface area (Å²) in [7, 11) is 2.29. The molecule has 1 atom stereocenters. The molecule has 1 unspecified atom stereocenters. The predicted octanol–water partition coefficient (Wildman–Crippen LogP) is 2.25. The quantitative estimate of drug-likeness (QED) is 0.693. The zero-order chi connectivity index (χ0) is 10.9. The Bertz CT molecular complexity index is 209. The van der Waals surface area contributed by atoms with Crippen molar-refractivity contribution in [2.24, 2.45) is 5.41 Å². The minimum atomic E-state index is 0.472. The second-order valence-corrected chi connectivity index (χ2v) is 5.97. The Kier molecular flexibility index (Phi) is 3.36. The number of rotatable bonds is 7. The van der Waals surface area contributed by atoms with Crippen LogP contribution in [0.3, 0.4) is 0 Å². The van der Waals surface area contributed by atoms with Crippen molar-refractivity contribution >= 4 is 0 Å². The number of hydrogen-bond acceptors (Lipinski definition) is 2. The molecule has 2 heteroatoms. The maximum atomic E-state index is 3.69. The van der Waals surface area contributed by atoms with Crippen LogP contribution in [0.5, 0.6) is 0 Å². The molecule has 0 heterocycles. The van der Waals surface area contributed by atoms with Gasteiger partial charge in [0, 0.05) is 25.2 Å². The average Bonchev–Trinajstić information content (AvgIpc) is 3.05. The lowest BCUT2D eigenvalue weighted by Crippen LogP contribution is -2.42. The van der Waals surface area contributed by atoms with E-state index in [9.17, 15) is 0 Å². The summed E-state index contributed by atoms with van der Waals surface area (Å²) in [5, 5.41) is 3.69. The van der Waals surface area contributed by atoms with E-state index >= 15 is 0 Å². The summed E-state index contributed by atoms with van der Waals surface area (Å²) < 4.78 is 0. The first-order valence-electron chi connectivity index (χ1n) is 6.56. The van der Waals surface area contributed by atoms with Gasteiger partial charge in [0.15, 0.2) is 0 Å². The third kappa shape index (κ3) is 3.46. The van der Waals surface area contributed by atoms with E-state index in [2.05, 4.69) is 31.1 Å². The van der Waals surface area contributed by atoms with Crippen molar-refractivity contribution in [3.63, 3.8) is 0 Å². The van der Waals surface area contributed by atoms with E-state index in [1.807, 2.05) is 0 Å². The highest BCUT2D eigenvalue weighted by Crippen LogP contribution is 2.31. The summed E-state index contributed by atoms with van der Waals surface area (Å²) in [5.74, 6) is 0. The van der Waals surface area contributed by atoms with Crippen molar-refractivity contribution in [2.75, 3.05) is 20.1 Å². The van der Waals surface area contributed by atoms with Gasteiger partial charge in [-0.1, -0.05) is 13.8 Å². The first-order valence-corrected chi connectivity index (χ1v) is 6.56. The summed E-state index contributed by atoms with van der Waals surface area (Å²) in [6, 6.07) is 1.75. The van der Waals surface area contributed by atoms with Gasteiger partial charge in [0.1, 0.15) is 0 Å². The van der Waals surface area contributed by atoms with Crippen LogP contribution < -0.4 is 5.32 Å². The van der Waals surface area contributed by atoms with Gasteiger partial charge < -0.3 is 10.2 Å². The Morgan fingerprint density at radius 1 is 1.27 bits per heavy atom. The Balaban J connectivity index is 1.75. The number of nitrogens with one attached hydrogen (secondary N) is 1. The first kappa shape index (κ1) is 11.4. The van der Waals surface area contributed by atoms with Crippen LogP contribution in [0.4, 0.5) is 0 Å². The van der Waals surface area contributed by atoms with Crippen LogP contribution in [0.25, 0.3) is 0 Å². The second kappa shape index (κ2) is 4.42. The van der Waals surface area contributed by atoms with Crippen LogP contribution in [-0.4, -0.2) is 37.1 Å². The molecular weight excluding hydrogens is 184 g/mol. The van der Waals surface area contributed by atoms with E-state index in [1.54, 1.807) is 0 Å². The molecule has 0 aromatic heterocycles. The minimum absolute atomic E-state index is 0.472. The SMILES string of the molecule is CCC(C)(CNC1CC1)CN(C)C1CC1. The van der Waals surface area contributed by atoms with Gasteiger partial charge in [0.25, 0.3) is 0 Å². The molecule has 2 saturated carbocycles. The van der Waals surface area contributed by atoms with Crippen LogP contribution in [-0.2, 0) is 0 Å². The van der Waals surface area contributed by atoms with Gasteiger partial charge in [-0.15, -0.1) is 0 Å². The van der Waals surface area contributed by atoms with E-state index < -0.39 is 0 Å². The monoisotopic (exact) mass is 210 g/mol. The van der Waals surface area contributed by atoms with Crippen molar-refractivity contribution in [1.29, 1.82) is 0 Å². The van der Waals surface area contributed by atoms with E-state index in [1.165, 1.54) is 45.2 Å². The third-order valence-electron chi connectivity index (χ3n) is 4.05. The maximum absolute atomic E-state index is 3.69. The van der Waals surface area contributed by atoms with Gasteiger partial charge in [0.2, 0.25) is 0 Å². The Morgan fingerprint density at radius 3 is 2.40 bits per heavy atom. The second-order valence-electron chi connectivity index (χ2n) is 5.97. The molecule has 2 nitrogen and oxygen atoms in total. The molecular formula is C13H26N2. The number of nitrogens with zero attached hydrogens (tertiary/aromatic N) is 1. The topological polar surface area (TPSA) is 15.3 Å². The highest BCUT2D eigenvalue weighted by atomic mass is 15.2. The molecule has 2 fully saturated rings. The van der Waals surface area contributed by atoms with Gasteiger partial charge in [-0.25, -0.2) is 0 Å². The fraction of sp³-hybridized carbons (Fsp3) is 1.00. The Labute approximate surface area is 94.4 Å². The summed E-state index contributed by atoms with van der Waals surface area (Å²) in [4.78, 5) is 2.57. The molecule has 0 aromatic carbocycles. The van der Waals surface area contributed by atoms with Crippen molar-refractivity contribution in [3.8, 4) is 0 Å². The summed E-state index contributed by atoms with van der Waals surface area (Å²) in [6.07, 6.45) is 6.93. The van der Waals surface area contributed by atoms with Crippen molar-refractivity contribution in [1.82, 2.24) is 10.2 Å². The van der Waals surface area contributed by atoms with Crippen LogP contribution >= 0.6 is 0 Å². The Hall–Kier alpha value is -0.0800. The summed E-state index contributed by atoms with van der Waals surface area (Å²) in [5.41, 5.74) is 0.472. The lowest BCUT2D eigenvalue weighted by atomic mass is 9.86. The molecule has 0 radical (unpaired) electrons. The van der Waals surface area contributed by atoms with Gasteiger partial charge in [-0.3, -0.25) is 0 Å². The van der Waals surface area contributed by atoms with Gasteiger partial charge in [-0.05, 0) is 44.6 Å². The lowest BCUT2D eigenvalue weighted by molar-refractivity contribution is 0.174. The van der Waals surface area contributed by atoms with Crippen LogP contribution in [0.1, 0.15) is 46.0 Å². The van der Waals surface area contributed by atoms with E-state index in [0.717, 1.165) is 12.1 Å². The molecule has 2 aliphatic rings. The molecule has 0 saturated heterocycles. The molecule has 0 spiro atoms. The van der Waals surface area contributed by atoms with E-state index in [4.69, 9.17) is 0 Å². The molecule has 2 rings (SSSR count). The molecule has 0 aliphatic heterocycles. The maximum Gasteiger partial charge on any atom is 0.00936 e. The molecule has 15 heavy (non-hydrogen) atoms. The van der Waals surface area contributed by atoms with E-state index in [-0.39, 0.29) is 0 Å². The predicted molar refractivity (Wildman–Crippen MR) is 65.1 cm³/mol. The van der Waals surface area contributed by atoms with Crippen molar-refractivity contribution in [2.45, 2.75) is 58.0 Å². The van der Waals surface area contributed by atoms with Crippen molar-refractivity contribution in [3.05, 3.63) is 0 Å². The number of hydrogen-bond donors (Lipinski definition) is 1. The molecule has 0 bridgehead atoms. The smallest absolute Gasteiger partial charge is 0.00936 e. The summed E-state index contributed by atoms with van der Waals surface area (Å²) in [6.45, 7) is 7.22. The zero-order valence-corrected chi connectivity index (χ0v) is 10.6.